The van der Waals surface area contributed by atoms with Gasteiger partial charge in [-0.2, -0.15) is 0 Å². The zero-order valence-corrected chi connectivity index (χ0v) is 28.1. The number of hydrogen-bond donors (Lipinski definition) is 1. The SMILES string of the molecule is CCCCCCCCCCCCCCCCCCc1c(CC)c(Cc2ccccc2)c(O)c(Cc2ccccc2)c1CC. The second-order valence-corrected chi connectivity index (χ2v) is 12.8. The number of phenolic OH excluding ortho intramolecular Hbond substituents is 1. The Hall–Kier alpha value is -2.54. The molecular formula is C42H62O. The molecule has 43 heavy (non-hydrogen) atoms. The van der Waals surface area contributed by atoms with Crippen LogP contribution in [0.15, 0.2) is 60.7 Å². The number of rotatable bonds is 23. The van der Waals surface area contributed by atoms with Crippen molar-refractivity contribution < 1.29 is 5.11 Å². The van der Waals surface area contributed by atoms with Crippen LogP contribution >= 0.6 is 0 Å². The molecule has 3 rings (SSSR count). The van der Waals surface area contributed by atoms with Crippen molar-refractivity contribution in [3.05, 3.63) is 99.6 Å². The number of aromatic hydroxyl groups is 1. The molecule has 0 saturated heterocycles. The van der Waals surface area contributed by atoms with Gasteiger partial charge in [0.1, 0.15) is 5.75 Å². The second kappa shape index (κ2) is 21.2. The molecule has 1 N–H and O–H groups in total. The van der Waals surface area contributed by atoms with E-state index < -0.39 is 0 Å². The first-order valence-corrected chi connectivity index (χ1v) is 18.1. The van der Waals surface area contributed by atoms with Crippen LogP contribution in [0.25, 0.3) is 0 Å². The molecule has 1 heteroatoms. The maximum atomic E-state index is 11.8. The zero-order valence-electron chi connectivity index (χ0n) is 28.1. The first-order valence-electron chi connectivity index (χ1n) is 18.1. The Balaban J connectivity index is 1.53. The van der Waals surface area contributed by atoms with Crippen LogP contribution < -0.4 is 0 Å². The predicted octanol–water partition coefficient (Wildman–Crippen LogP) is 12.5. The highest BCUT2D eigenvalue weighted by atomic mass is 16.3. The fraction of sp³-hybridized carbons (Fsp3) is 0.571. The van der Waals surface area contributed by atoms with E-state index in [9.17, 15) is 5.11 Å². The largest absolute Gasteiger partial charge is 0.507 e. The molecule has 0 bridgehead atoms. The normalized spacial score (nSPS) is 11.3. The van der Waals surface area contributed by atoms with Crippen LogP contribution in [0, 0.1) is 0 Å². The van der Waals surface area contributed by atoms with E-state index in [4.69, 9.17) is 0 Å². The predicted molar refractivity (Wildman–Crippen MR) is 189 cm³/mol. The molecule has 0 aromatic heterocycles. The standard InChI is InChI=1S/C42H62O/c1-4-7-8-9-10-11-12-13-14-15-16-17-18-19-20-27-32-39-37(5-2)40(33-35-28-23-21-24-29-35)42(43)41(38(39)6-3)34-36-30-25-22-26-31-36/h21-26,28-31,43H,4-20,27,32-34H2,1-3H3. The van der Waals surface area contributed by atoms with Crippen LogP contribution in [0.3, 0.4) is 0 Å². The average Bonchev–Trinajstić information content (AvgIpc) is 3.04. The molecule has 0 radical (unpaired) electrons. The van der Waals surface area contributed by atoms with E-state index in [1.54, 1.807) is 0 Å². The lowest BCUT2D eigenvalue weighted by molar-refractivity contribution is 0.460. The van der Waals surface area contributed by atoms with Crippen LogP contribution in [0.5, 0.6) is 5.75 Å². The van der Waals surface area contributed by atoms with Crippen molar-refractivity contribution in [2.45, 2.75) is 156 Å². The molecule has 3 aromatic rings. The highest BCUT2D eigenvalue weighted by molar-refractivity contribution is 5.58. The fourth-order valence-electron chi connectivity index (χ4n) is 7.00. The summed E-state index contributed by atoms with van der Waals surface area (Å²) in [5.41, 5.74) is 9.19. The lowest BCUT2D eigenvalue weighted by Gasteiger charge is -2.24. The van der Waals surface area contributed by atoms with Gasteiger partial charge in [-0.15, -0.1) is 0 Å². The summed E-state index contributed by atoms with van der Waals surface area (Å²) in [4.78, 5) is 0. The Bertz CT molecular complexity index is 1060. The van der Waals surface area contributed by atoms with Crippen molar-refractivity contribution in [2.24, 2.45) is 0 Å². The molecule has 0 aliphatic rings. The van der Waals surface area contributed by atoms with Gasteiger partial charge in [0, 0.05) is 24.0 Å². The van der Waals surface area contributed by atoms with Gasteiger partial charge in [-0.1, -0.05) is 178 Å². The van der Waals surface area contributed by atoms with Gasteiger partial charge in [0.05, 0.1) is 0 Å². The molecule has 0 aliphatic carbocycles. The fourth-order valence-corrected chi connectivity index (χ4v) is 7.00. The summed E-state index contributed by atoms with van der Waals surface area (Å²) in [6.07, 6.45) is 27.1. The Morgan fingerprint density at radius 2 is 0.744 bits per heavy atom. The number of phenols is 1. The van der Waals surface area contributed by atoms with Crippen molar-refractivity contribution in [1.82, 2.24) is 0 Å². The summed E-state index contributed by atoms with van der Waals surface area (Å²) in [6, 6.07) is 21.4. The molecule has 0 atom stereocenters. The van der Waals surface area contributed by atoms with Gasteiger partial charge in [0.25, 0.3) is 0 Å². The van der Waals surface area contributed by atoms with Gasteiger partial charge in [0.2, 0.25) is 0 Å². The van der Waals surface area contributed by atoms with Gasteiger partial charge in [-0.3, -0.25) is 0 Å². The van der Waals surface area contributed by atoms with Crippen molar-refractivity contribution >= 4 is 0 Å². The minimum absolute atomic E-state index is 0.539. The summed E-state index contributed by atoms with van der Waals surface area (Å²) < 4.78 is 0. The maximum Gasteiger partial charge on any atom is 0.123 e. The van der Waals surface area contributed by atoms with Gasteiger partial charge in [0.15, 0.2) is 0 Å². The molecule has 0 unspecified atom stereocenters. The van der Waals surface area contributed by atoms with Crippen LogP contribution in [-0.4, -0.2) is 5.11 Å². The molecule has 0 saturated carbocycles. The third kappa shape index (κ3) is 12.2. The third-order valence-electron chi connectivity index (χ3n) is 9.46. The highest BCUT2D eigenvalue weighted by Crippen LogP contribution is 2.38. The van der Waals surface area contributed by atoms with E-state index in [-0.39, 0.29) is 0 Å². The molecule has 1 nitrogen and oxygen atoms in total. The average molecular weight is 583 g/mol. The van der Waals surface area contributed by atoms with Gasteiger partial charge in [-0.05, 0) is 53.5 Å². The lowest BCUT2D eigenvalue weighted by Crippen LogP contribution is -2.10. The molecule has 236 valence electrons. The maximum absolute atomic E-state index is 11.8. The Labute approximate surface area is 265 Å². The summed E-state index contributed by atoms with van der Waals surface area (Å²) in [5, 5.41) is 11.8. The molecule has 0 heterocycles. The molecule has 0 amide bonds. The van der Waals surface area contributed by atoms with Crippen LogP contribution in [-0.2, 0) is 32.1 Å². The van der Waals surface area contributed by atoms with Crippen LogP contribution in [0.4, 0.5) is 0 Å². The third-order valence-corrected chi connectivity index (χ3v) is 9.46. The Morgan fingerprint density at radius 3 is 1.09 bits per heavy atom. The monoisotopic (exact) mass is 582 g/mol. The molecule has 0 aliphatic heterocycles. The minimum atomic E-state index is 0.539. The topological polar surface area (TPSA) is 20.2 Å². The Kier molecular flexibility index (Phi) is 17.2. The first-order chi connectivity index (χ1) is 21.2. The van der Waals surface area contributed by atoms with Crippen LogP contribution in [0.2, 0.25) is 0 Å². The van der Waals surface area contributed by atoms with E-state index >= 15 is 0 Å². The Morgan fingerprint density at radius 1 is 0.395 bits per heavy atom. The van der Waals surface area contributed by atoms with Gasteiger partial charge < -0.3 is 5.11 Å². The van der Waals surface area contributed by atoms with E-state index in [0.717, 1.165) is 43.2 Å². The quantitative estimate of drug-likeness (QED) is 0.110. The number of unbranched alkanes of at least 4 members (excludes halogenated alkanes) is 15. The second-order valence-electron chi connectivity index (χ2n) is 12.8. The van der Waals surface area contributed by atoms with E-state index in [1.807, 2.05) is 0 Å². The van der Waals surface area contributed by atoms with Crippen LogP contribution in [0.1, 0.15) is 162 Å². The molecular weight excluding hydrogens is 520 g/mol. The molecule has 0 fully saturated rings. The van der Waals surface area contributed by atoms with Gasteiger partial charge >= 0.3 is 0 Å². The summed E-state index contributed by atoms with van der Waals surface area (Å²) >= 11 is 0. The van der Waals surface area contributed by atoms with Gasteiger partial charge in [-0.25, -0.2) is 0 Å². The van der Waals surface area contributed by atoms with Crippen molar-refractivity contribution in [3.8, 4) is 5.75 Å². The number of benzene rings is 3. The summed E-state index contributed by atoms with van der Waals surface area (Å²) in [6.45, 7) is 6.85. The first kappa shape index (κ1) is 34.9. The minimum Gasteiger partial charge on any atom is -0.507 e. The van der Waals surface area contributed by atoms with Crippen molar-refractivity contribution in [1.29, 1.82) is 0 Å². The summed E-state index contributed by atoms with van der Waals surface area (Å²) in [5.74, 6) is 0.539. The molecule has 3 aromatic carbocycles. The van der Waals surface area contributed by atoms with E-state index in [2.05, 4.69) is 81.4 Å². The van der Waals surface area contributed by atoms with Crippen molar-refractivity contribution in [3.63, 3.8) is 0 Å². The highest BCUT2D eigenvalue weighted by Gasteiger charge is 2.22. The summed E-state index contributed by atoms with van der Waals surface area (Å²) in [7, 11) is 0. The van der Waals surface area contributed by atoms with E-state index in [1.165, 1.54) is 131 Å². The lowest BCUT2D eigenvalue weighted by atomic mass is 9.82. The van der Waals surface area contributed by atoms with Crippen molar-refractivity contribution in [2.75, 3.05) is 0 Å². The molecule has 0 spiro atoms. The number of hydrogen-bond acceptors (Lipinski definition) is 1. The van der Waals surface area contributed by atoms with E-state index in [0.29, 0.717) is 5.75 Å². The smallest absolute Gasteiger partial charge is 0.123 e. The zero-order chi connectivity index (χ0) is 30.5.